The summed E-state index contributed by atoms with van der Waals surface area (Å²) in [4.78, 5) is 17.0. The van der Waals surface area contributed by atoms with Crippen molar-refractivity contribution in [2.24, 2.45) is 17.8 Å². The van der Waals surface area contributed by atoms with E-state index in [0.29, 0.717) is 37.5 Å². The quantitative estimate of drug-likeness (QED) is 0.760. The number of carboxylic acid groups (broad SMARTS) is 1. The molecule has 0 radical (unpaired) electrons. The Bertz CT molecular complexity index is 990. The SMILES string of the molecule is O=C(O)N1C[C@@H]2[C@@H](COc3ccc(-c4cnc5ccccc5c4)cc3)[C@@H]2C1. The number of ether oxygens (including phenoxy) is 1. The van der Waals surface area contributed by atoms with Gasteiger partial charge < -0.3 is 14.7 Å². The van der Waals surface area contributed by atoms with Crippen LogP contribution < -0.4 is 4.74 Å². The Balaban J connectivity index is 1.21. The van der Waals surface area contributed by atoms with E-state index in [2.05, 4.69) is 29.2 Å². The van der Waals surface area contributed by atoms with Gasteiger partial charge in [0.15, 0.2) is 0 Å². The zero-order chi connectivity index (χ0) is 18.4. The number of piperidine rings is 1. The molecule has 3 atom stereocenters. The fourth-order valence-electron chi connectivity index (χ4n) is 4.22. The van der Waals surface area contributed by atoms with Crippen LogP contribution >= 0.6 is 0 Å². The van der Waals surface area contributed by atoms with Gasteiger partial charge in [-0.2, -0.15) is 0 Å². The van der Waals surface area contributed by atoms with Crippen molar-refractivity contribution in [3.8, 4) is 16.9 Å². The van der Waals surface area contributed by atoms with Gasteiger partial charge in [-0.25, -0.2) is 4.79 Å². The van der Waals surface area contributed by atoms with E-state index in [0.717, 1.165) is 27.8 Å². The average molecular weight is 360 g/mol. The molecule has 2 aliphatic rings. The van der Waals surface area contributed by atoms with Crippen molar-refractivity contribution < 1.29 is 14.6 Å². The third-order valence-electron chi connectivity index (χ3n) is 5.86. The molecule has 1 aliphatic heterocycles. The maximum absolute atomic E-state index is 11.0. The molecule has 5 rings (SSSR count). The van der Waals surface area contributed by atoms with E-state index in [1.54, 1.807) is 0 Å². The van der Waals surface area contributed by atoms with Crippen LogP contribution in [0.25, 0.3) is 22.0 Å². The van der Waals surface area contributed by atoms with Crippen LogP contribution in [0.3, 0.4) is 0 Å². The van der Waals surface area contributed by atoms with Gasteiger partial charge in [0.05, 0.1) is 12.1 Å². The van der Waals surface area contributed by atoms with E-state index in [1.807, 2.05) is 36.5 Å². The molecule has 1 saturated heterocycles. The summed E-state index contributed by atoms with van der Waals surface area (Å²) in [5.74, 6) is 2.30. The highest BCUT2D eigenvalue weighted by Gasteiger charge is 2.56. The molecular formula is C22H20N2O3. The topological polar surface area (TPSA) is 62.7 Å². The number of aromatic nitrogens is 1. The van der Waals surface area contributed by atoms with Gasteiger partial charge in [-0.05, 0) is 41.7 Å². The van der Waals surface area contributed by atoms with Crippen LogP contribution in [-0.2, 0) is 0 Å². The first-order valence-electron chi connectivity index (χ1n) is 9.25. The Hall–Kier alpha value is -3.08. The molecule has 0 bridgehead atoms. The van der Waals surface area contributed by atoms with Crippen molar-refractivity contribution in [1.29, 1.82) is 0 Å². The predicted octanol–water partition coefficient (Wildman–Crippen LogP) is 4.14. The third kappa shape index (κ3) is 2.99. The summed E-state index contributed by atoms with van der Waals surface area (Å²) in [6, 6.07) is 18.3. The molecule has 5 heteroatoms. The summed E-state index contributed by atoms with van der Waals surface area (Å²) >= 11 is 0. The molecule has 1 N–H and O–H groups in total. The molecule has 0 unspecified atom stereocenters. The number of carbonyl (C=O) groups is 1. The number of pyridine rings is 1. The van der Waals surface area contributed by atoms with Crippen molar-refractivity contribution >= 4 is 17.0 Å². The van der Waals surface area contributed by atoms with Gasteiger partial charge in [-0.1, -0.05) is 30.3 Å². The fourth-order valence-corrected chi connectivity index (χ4v) is 4.22. The second kappa shape index (κ2) is 6.27. The van der Waals surface area contributed by atoms with Crippen molar-refractivity contribution in [2.45, 2.75) is 0 Å². The summed E-state index contributed by atoms with van der Waals surface area (Å²) in [7, 11) is 0. The van der Waals surface area contributed by atoms with Gasteiger partial charge in [-0.15, -0.1) is 0 Å². The normalized spacial score (nSPS) is 23.3. The molecular weight excluding hydrogens is 340 g/mol. The molecule has 1 saturated carbocycles. The minimum absolute atomic E-state index is 0.476. The molecule has 27 heavy (non-hydrogen) atoms. The molecule has 2 heterocycles. The van der Waals surface area contributed by atoms with E-state index in [1.165, 1.54) is 4.90 Å². The van der Waals surface area contributed by atoms with Gasteiger partial charge in [0.2, 0.25) is 0 Å². The lowest BCUT2D eigenvalue weighted by Gasteiger charge is -2.16. The Labute approximate surface area is 157 Å². The lowest BCUT2D eigenvalue weighted by molar-refractivity contribution is 0.145. The van der Waals surface area contributed by atoms with E-state index >= 15 is 0 Å². The van der Waals surface area contributed by atoms with Gasteiger partial charge >= 0.3 is 6.09 Å². The van der Waals surface area contributed by atoms with Crippen molar-refractivity contribution in [2.75, 3.05) is 19.7 Å². The molecule has 5 nitrogen and oxygen atoms in total. The first-order chi connectivity index (χ1) is 13.2. The Morgan fingerprint density at radius 2 is 1.81 bits per heavy atom. The van der Waals surface area contributed by atoms with E-state index in [9.17, 15) is 4.79 Å². The van der Waals surface area contributed by atoms with E-state index < -0.39 is 6.09 Å². The van der Waals surface area contributed by atoms with Crippen LogP contribution in [0.2, 0.25) is 0 Å². The van der Waals surface area contributed by atoms with Crippen molar-refractivity contribution in [3.05, 3.63) is 60.8 Å². The highest BCUT2D eigenvalue weighted by atomic mass is 16.5. The molecule has 1 amide bonds. The number of nitrogens with zero attached hydrogens (tertiary/aromatic N) is 2. The van der Waals surface area contributed by atoms with Crippen LogP contribution in [0.1, 0.15) is 0 Å². The number of benzene rings is 2. The summed E-state index contributed by atoms with van der Waals surface area (Å²) in [6.45, 7) is 1.98. The Morgan fingerprint density at radius 3 is 2.56 bits per heavy atom. The third-order valence-corrected chi connectivity index (χ3v) is 5.86. The molecule has 2 fully saturated rings. The summed E-state index contributed by atoms with van der Waals surface area (Å²) < 4.78 is 5.94. The average Bonchev–Trinajstić information content (AvgIpc) is 3.14. The Kier molecular flexibility index (Phi) is 3.74. The van der Waals surface area contributed by atoms with Crippen LogP contribution in [0.5, 0.6) is 5.75 Å². The minimum atomic E-state index is -0.805. The highest BCUT2D eigenvalue weighted by molar-refractivity contribution is 5.83. The molecule has 136 valence electrons. The molecule has 1 aliphatic carbocycles. The molecule has 1 aromatic heterocycles. The maximum atomic E-state index is 11.0. The van der Waals surface area contributed by atoms with Crippen molar-refractivity contribution in [1.82, 2.24) is 9.88 Å². The van der Waals surface area contributed by atoms with Crippen molar-refractivity contribution in [3.63, 3.8) is 0 Å². The lowest BCUT2D eigenvalue weighted by Crippen LogP contribution is -2.30. The molecule has 0 spiro atoms. The van der Waals surface area contributed by atoms with Gasteiger partial charge in [0.1, 0.15) is 5.75 Å². The van der Waals surface area contributed by atoms with E-state index in [4.69, 9.17) is 9.84 Å². The van der Waals surface area contributed by atoms with Crippen LogP contribution in [-0.4, -0.2) is 40.8 Å². The van der Waals surface area contributed by atoms with Gasteiger partial charge in [-0.3, -0.25) is 4.98 Å². The number of amides is 1. The zero-order valence-electron chi connectivity index (χ0n) is 14.8. The van der Waals surface area contributed by atoms with Crippen LogP contribution in [0.4, 0.5) is 4.79 Å². The number of fused-ring (bicyclic) bond motifs is 2. The predicted molar refractivity (Wildman–Crippen MR) is 103 cm³/mol. The minimum Gasteiger partial charge on any atom is -0.493 e. The first-order valence-corrected chi connectivity index (χ1v) is 9.25. The Morgan fingerprint density at radius 1 is 1.07 bits per heavy atom. The number of rotatable bonds is 4. The zero-order valence-corrected chi connectivity index (χ0v) is 14.8. The number of hydrogen-bond acceptors (Lipinski definition) is 3. The highest BCUT2D eigenvalue weighted by Crippen LogP contribution is 2.51. The smallest absolute Gasteiger partial charge is 0.407 e. The summed E-state index contributed by atoms with van der Waals surface area (Å²) in [5, 5.41) is 10.1. The second-order valence-corrected chi connectivity index (χ2v) is 7.43. The second-order valence-electron chi connectivity index (χ2n) is 7.43. The maximum Gasteiger partial charge on any atom is 0.407 e. The number of likely N-dealkylation sites (tertiary alicyclic amines) is 1. The van der Waals surface area contributed by atoms with Gasteiger partial charge in [0, 0.05) is 36.2 Å². The van der Waals surface area contributed by atoms with Gasteiger partial charge in [0.25, 0.3) is 0 Å². The van der Waals surface area contributed by atoms with E-state index in [-0.39, 0.29) is 0 Å². The number of para-hydroxylation sites is 1. The monoisotopic (exact) mass is 360 g/mol. The van der Waals surface area contributed by atoms with Crippen LogP contribution in [0.15, 0.2) is 60.8 Å². The summed E-state index contributed by atoms with van der Waals surface area (Å²) in [6.07, 6.45) is 1.10. The molecule has 3 aromatic rings. The van der Waals surface area contributed by atoms with Crippen LogP contribution in [0, 0.1) is 17.8 Å². The fraction of sp³-hybridized carbons (Fsp3) is 0.273. The molecule has 2 aromatic carbocycles. The summed E-state index contributed by atoms with van der Waals surface area (Å²) in [5.41, 5.74) is 3.20. The largest absolute Gasteiger partial charge is 0.493 e. The standard InChI is InChI=1S/C22H20N2O3/c25-22(26)24-11-18-19(12-24)20(18)13-27-17-7-5-14(6-8-17)16-9-15-3-1-2-4-21(15)23-10-16/h1-10,18-20H,11-13H2,(H,25,26)/t18-,19+,20+. The first kappa shape index (κ1) is 16.1. The number of hydrogen-bond donors (Lipinski definition) is 1. The lowest BCUT2D eigenvalue weighted by atomic mass is 10.1.